The lowest BCUT2D eigenvalue weighted by molar-refractivity contribution is 0.419. The number of aromatic nitrogens is 4. The molecule has 2 heterocycles. The van der Waals surface area contributed by atoms with Crippen LogP contribution in [0, 0.1) is 6.92 Å². The van der Waals surface area contributed by atoms with Crippen LogP contribution < -0.4 is 10.3 Å². The van der Waals surface area contributed by atoms with Gasteiger partial charge in [-0.05, 0) is 24.6 Å². The number of aromatic amines is 2. The summed E-state index contributed by atoms with van der Waals surface area (Å²) in [4.78, 5) is 19.8. The summed E-state index contributed by atoms with van der Waals surface area (Å²) < 4.78 is 5.45. The van der Waals surface area contributed by atoms with E-state index in [9.17, 15) is 4.79 Å². The molecule has 0 aliphatic carbocycles. The number of fused-ring (bicyclic) bond motifs is 1. The maximum absolute atomic E-state index is 12.4. The van der Waals surface area contributed by atoms with E-state index >= 15 is 0 Å². The average Bonchev–Trinajstić information content (AvgIpc) is 2.92. The van der Waals surface area contributed by atoms with E-state index in [0.29, 0.717) is 22.5 Å². The Bertz CT molecular complexity index is 893. The van der Waals surface area contributed by atoms with Gasteiger partial charge in [-0.1, -0.05) is 13.8 Å². The molecule has 0 fully saturated rings. The van der Waals surface area contributed by atoms with Gasteiger partial charge in [0.1, 0.15) is 17.1 Å². The molecule has 0 amide bonds. The molecule has 0 saturated carbocycles. The smallest absolute Gasteiger partial charge is 0.258 e. The minimum Gasteiger partial charge on any atom is -0.494 e. The van der Waals surface area contributed by atoms with Crippen molar-refractivity contribution in [2.24, 2.45) is 0 Å². The van der Waals surface area contributed by atoms with Crippen LogP contribution in [0.5, 0.6) is 5.75 Å². The zero-order chi connectivity index (χ0) is 15.9. The number of ether oxygens (including phenoxy) is 1. The molecule has 0 atom stereocenters. The van der Waals surface area contributed by atoms with Crippen LogP contribution in [0.2, 0.25) is 0 Å². The van der Waals surface area contributed by atoms with E-state index in [4.69, 9.17) is 4.74 Å². The van der Waals surface area contributed by atoms with Crippen LogP contribution in [0.25, 0.3) is 22.0 Å². The first-order valence-corrected chi connectivity index (χ1v) is 7.13. The lowest BCUT2D eigenvalue weighted by atomic mass is 10.0. The summed E-state index contributed by atoms with van der Waals surface area (Å²) in [5.41, 5.74) is 3.17. The standard InChI is InChI=1S/C16H18N4O2/c1-8(2)15-18-14-11(16(21)19-15)5-10(6-13(14)22-4)12-7-17-20-9(12)3/h5-8H,1-4H3,(H,17,20)(H,18,19,21). The van der Waals surface area contributed by atoms with E-state index in [1.807, 2.05) is 32.9 Å². The molecule has 0 aliphatic rings. The Balaban J connectivity index is 2.33. The molecule has 6 nitrogen and oxygen atoms in total. The quantitative estimate of drug-likeness (QED) is 0.778. The van der Waals surface area contributed by atoms with Crippen molar-refractivity contribution in [2.75, 3.05) is 7.11 Å². The van der Waals surface area contributed by atoms with Crippen molar-refractivity contribution in [3.63, 3.8) is 0 Å². The molecule has 0 radical (unpaired) electrons. The van der Waals surface area contributed by atoms with E-state index in [1.165, 1.54) is 0 Å². The molecule has 1 aromatic carbocycles. The van der Waals surface area contributed by atoms with Gasteiger partial charge in [-0.25, -0.2) is 4.98 Å². The minimum absolute atomic E-state index is 0.137. The Labute approximate surface area is 127 Å². The second-order valence-corrected chi connectivity index (χ2v) is 5.59. The van der Waals surface area contributed by atoms with Crippen LogP contribution in [0.4, 0.5) is 0 Å². The maximum atomic E-state index is 12.4. The molecule has 3 rings (SSSR count). The van der Waals surface area contributed by atoms with Gasteiger partial charge in [0.05, 0.1) is 18.7 Å². The van der Waals surface area contributed by atoms with Crippen molar-refractivity contribution < 1.29 is 4.74 Å². The van der Waals surface area contributed by atoms with Crippen LogP contribution in [0.15, 0.2) is 23.1 Å². The summed E-state index contributed by atoms with van der Waals surface area (Å²) in [5, 5.41) is 7.44. The fourth-order valence-corrected chi connectivity index (χ4v) is 2.45. The number of hydrogen-bond donors (Lipinski definition) is 2. The summed E-state index contributed by atoms with van der Waals surface area (Å²) in [6.45, 7) is 5.91. The second kappa shape index (κ2) is 5.29. The van der Waals surface area contributed by atoms with Crippen molar-refractivity contribution in [3.8, 4) is 16.9 Å². The maximum Gasteiger partial charge on any atom is 0.258 e. The molecular formula is C16H18N4O2. The topological polar surface area (TPSA) is 83.7 Å². The number of aryl methyl sites for hydroxylation is 1. The van der Waals surface area contributed by atoms with Crippen molar-refractivity contribution in [1.29, 1.82) is 0 Å². The van der Waals surface area contributed by atoms with Gasteiger partial charge >= 0.3 is 0 Å². The van der Waals surface area contributed by atoms with Crippen molar-refractivity contribution in [3.05, 3.63) is 40.2 Å². The van der Waals surface area contributed by atoms with Crippen molar-refractivity contribution in [2.45, 2.75) is 26.7 Å². The highest BCUT2D eigenvalue weighted by molar-refractivity contribution is 5.89. The van der Waals surface area contributed by atoms with E-state index in [0.717, 1.165) is 16.8 Å². The summed E-state index contributed by atoms with van der Waals surface area (Å²) >= 11 is 0. The monoisotopic (exact) mass is 298 g/mol. The van der Waals surface area contributed by atoms with Gasteiger partial charge in [0, 0.05) is 17.2 Å². The molecule has 2 aromatic heterocycles. The number of hydrogen-bond acceptors (Lipinski definition) is 4. The summed E-state index contributed by atoms with van der Waals surface area (Å²) in [7, 11) is 1.58. The van der Waals surface area contributed by atoms with Gasteiger partial charge in [0.25, 0.3) is 5.56 Å². The molecule has 114 valence electrons. The van der Waals surface area contributed by atoms with Crippen LogP contribution >= 0.6 is 0 Å². The predicted molar refractivity (Wildman–Crippen MR) is 85.3 cm³/mol. The van der Waals surface area contributed by atoms with Crippen LogP contribution in [-0.4, -0.2) is 27.3 Å². The Hall–Kier alpha value is -2.63. The second-order valence-electron chi connectivity index (χ2n) is 5.59. The van der Waals surface area contributed by atoms with Crippen molar-refractivity contribution >= 4 is 10.9 Å². The molecule has 2 N–H and O–H groups in total. The van der Waals surface area contributed by atoms with Gasteiger partial charge in [0.2, 0.25) is 0 Å². The highest BCUT2D eigenvalue weighted by Crippen LogP contribution is 2.31. The van der Waals surface area contributed by atoms with Gasteiger partial charge in [-0.2, -0.15) is 5.10 Å². The molecule has 0 saturated heterocycles. The fraction of sp³-hybridized carbons (Fsp3) is 0.312. The first kappa shape index (κ1) is 14.3. The molecule has 22 heavy (non-hydrogen) atoms. The first-order valence-electron chi connectivity index (χ1n) is 7.13. The highest BCUT2D eigenvalue weighted by atomic mass is 16.5. The Morgan fingerprint density at radius 2 is 2.05 bits per heavy atom. The molecule has 0 aliphatic heterocycles. The summed E-state index contributed by atoms with van der Waals surface area (Å²) in [6.07, 6.45) is 1.74. The zero-order valence-corrected chi connectivity index (χ0v) is 13.0. The van der Waals surface area contributed by atoms with Crippen molar-refractivity contribution in [1.82, 2.24) is 20.2 Å². The zero-order valence-electron chi connectivity index (χ0n) is 13.0. The van der Waals surface area contributed by atoms with Gasteiger partial charge in [0.15, 0.2) is 0 Å². The third-order valence-corrected chi connectivity index (χ3v) is 3.70. The summed E-state index contributed by atoms with van der Waals surface area (Å²) in [5.74, 6) is 1.38. The number of nitrogens with one attached hydrogen (secondary N) is 2. The third-order valence-electron chi connectivity index (χ3n) is 3.70. The lowest BCUT2D eigenvalue weighted by Gasteiger charge is -2.11. The number of methoxy groups -OCH3 is 1. The molecule has 0 bridgehead atoms. The third kappa shape index (κ3) is 2.26. The lowest BCUT2D eigenvalue weighted by Crippen LogP contribution is -2.13. The first-order chi connectivity index (χ1) is 10.5. The number of nitrogens with zero attached hydrogens (tertiary/aromatic N) is 2. The fourth-order valence-electron chi connectivity index (χ4n) is 2.45. The molecular weight excluding hydrogens is 280 g/mol. The van der Waals surface area contributed by atoms with E-state index < -0.39 is 0 Å². The Morgan fingerprint density at radius 3 is 2.64 bits per heavy atom. The predicted octanol–water partition coefficient (Wildman–Crippen LogP) is 2.75. The number of rotatable bonds is 3. The van der Waals surface area contributed by atoms with E-state index in [-0.39, 0.29) is 11.5 Å². The van der Waals surface area contributed by atoms with Gasteiger partial charge in [-0.3, -0.25) is 9.89 Å². The minimum atomic E-state index is -0.157. The highest BCUT2D eigenvalue weighted by Gasteiger charge is 2.14. The van der Waals surface area contributed by atoms with Gasteiger partial charge in [-0.15, -0.1) is 0 Å². The largest absolute Gasteiger partial charge is 0.494 e. The molecule has 6 heteroatoms. The number of H-pyrrole nitrogens is 2. The molecule has 0 unspecified atom stereocenters. The SMILES string of the molecule is COc1cc(-c2cn[nH]c2C)cc2c(=O)[nH]c(C(C)C)nc12. The van der Waals surface area contributed by atoms with Crippen LogP contribution in [0.1, 0.15) is 31.3 Å². The van der Waals surface area contributed by atoms with Crippen LogP contribution in [0.3, 0.4) is 0 Å². The Kier molecular flexibility index (Phi) is 3.44. The van der Waals surface area contributed by atoms with Crippen LogP contribution in [-0.2, 0) is 0 Å². The summed E-state index contributed by atoms with van der Waals surface area (Å²) in [6, 6.07) is 3.71. The molecule has 0 spiro atoms. The normalized spacial score (nSPS) is 11.3. The van der Waals surface area contributed by atoms with E-state index in [2.05, 4.69) is 20.2 Å². The molecule has 3 aromatic rings. The van der Waals surface area contributed by atoms with E-state index in [1.54, 1.807) is 13.3 Å². The number of benzene rings is 1. The Morgan fingerprint density at radius 1 is 1.27 bits per heavy atom. The average molecular weight is 298 g/mol. The van der Waals surface area contributed by atoms with Gasteiger partial charge < -0.3 is 9.72 Å².